The van der Waals surface area contributed by atoms with E-state index in [1.807, 2.05) is 42.5 Å². The Kier molecular flexibility index (Phi) is 5.42. The summed E-state index contributed by atoms with van der Waals surface area (Å²) < 4.78 is 7.19. The summed E-state index contributed by atoms with van der Waals surface area (Å²) in [5.41, 5.74) is 1.61. The number of carbonyl (C=O) groups excluding carboxylic acids is 1. The van der Waals surface area contributed by atoms with E-state index in [4.69, 9.17) is 4.74 Å². The van der Waals surface area contributed by atoms with Crippen molar-refractivity contribution in [3.8, 4) is 5.75 Å². The van der Waals surface area contributed by atoms with E-state index in [2.05, 4.69) is 31.9 Å². The molecule has 0 saturated carbocycles. The summed E-state index contributed by atoms with van der Waals surface area (Å²) in [5, 5.41) is 0. The largest absolute Gasteiger partial charge is 0.496 e. The molecule has 2 aromatic rings. The van der Waals surface area contributed by atoms with Gasteiger partial charge in [-0.05, 0) is 36.4 Å². The molecule has 21 heavy (non-hydrogen) atoms. The van der Waals surface area contributed by atoms with Crippen LogP contribution in [0.2, 0.25) is 0 Å². The number of ether oxygens (including phenoxy) is 1. The molecule has 5 heteroatoms. The molecular weight excluding hydrogens is 398 g/mol. The Hall–Kier alpha value is -1.33. The Balaban J connectivity index is 2.19. The van der Waals surface area contributed by atoms with Gasteiger partial charge in [0, 0.05) is 33.7 Å². The topological polar surface area (TPSA) is 29.5 Å². The molecule has 0 heterocycles. The lowest BCUT2D eigenvalue weighted by Gasteiger charge is -2.19. The van der Waals surface area contributed by atoms with E-state index >= 15 is 0 Å². The van der Waals surface area contributed by atoms with Crippen LogP contribution in [-0.2, 0) is 6.54 Å². The van der Waals surface area contributed by atoms with Crippen LogP contribution in [0.5, 0.6) is 5.75 Å². The van der Waals surface area contributed by atoms with E-state index in [0.717, 1.165) is 20.3 Å². The molecule has 0 atom stereocenters. The molecule has 0 N–H and O–H groups in total. The summed E-state index contributed by atoms with van der Waals surface area (Å²) in [5.74, 6) is 0.741. The van der Waals surface area contributed by atoms with Gasteiger partial charge in [0.15, 0.2) is 0 Å². The summed E-state index contributed by atoms with van der Waals surface area (Å²) in [6.45, 7) is 0.480. The van der Waals surface area contributed by atoms with Gasteiger partial charge in [-0.2, -0.15) is 0 Å². The number of methoxy groups -OCH3 is 1. The first-order valence-corrected chi connectivity index (χ1v) is 7.93. The van der Waals surface area contributed by atoms with E-state index in [-0.39, 0.29) is 5.91 Å². The molecule has 1 amide bonds. The van der Waals surface area contributed by atoms with Gasteiger partial charge in [-0.1, -0.05) is 37.9 Å². The van der Waals surface area contributed by atoms with Gasteiger partial charge >= 0.3 is 0 Å². The number of amides is 1. The molecule has 3 nitrogen and oxygen atoms in total. The van der Waals surface area contributed by atoms with Crippen molar-refractivity contribution in [3.05, 3.63) is 62.5 Å². The van der Waals surface area contributed by atoms with Crippen LogP contribution < -0.4 is 4.74 Å². The zero-order valence-corrected chi connectivity index (χ0v) is 14.9. The fourth-order valence-corrected chi connectivity index (χ4v) is 2.85. The van der Waals surface area contributed by atoms with Gasteiger partial charge in [0.05, 0.1) is 7.11 Å². The van der Waals surface area contributed by atoms with Crippen LogP contribution in [0.25, 0.3) is 0 Å². The van der Waals surface area contributed by atoms with Gasteiger partial charge in [0.1, 0.15) is 5.75 Å². The third kappa shape index (κ3) is 4.08. The normalized spacial score (nSPS) is 10.3. The Labute approximate surface area is 141 Å². The van der Waals surface area contributed by atoms with Gasteiger partial charge in [-0.15, -0.1) is 0 Å². The molecule has 0 aromatic heterocycles. The Morgan fingerprint density at radius 3 is 2.52 bits per heavy atom. The minimum absolute atomic E-state index is 0.0293. The quantitative estimate of drug-likeness (QED) is 0.740. The third-order valence-corrected chi connectivity index (χ3v) is 4.05. The average Bonchev–Trinajstić information content (AvgIpc) is 2.46. The van der Waals surface area contributed by atoms with Crippen molar-refractivity contribution in [1.82, 2.24) is 4.90 Å². The molecular formula is C16H15Br2NO2. The second kappa shape index (κ2) is 7.09. The number of rotatable bonds is 4. The highest BCUT2D eigenvalue weighted by atomic mass is 79.9. The highest BCUT2D eigenvalue weighted by Crippen LogP contribution is 2.24. The first-order valence-electron chi connectivity index (χ1n) is 6.34. The maximum Gasteiger partial charge on any atom is 0.253 e. The first-order chi connectivity index (χ1) is 10.0. The van der Waals surface area contributed by atoms with Crippen molar-refractivity contribution in [2.24, 2.45) is 0 Å². The van der Waals surface area contributed by atoms with E-state index in [9.17, 15) is 4.79 Å². The molecule has 0 saturated heterocycles. The highest BCUT2D eigenvalue weighted by molar-refractivity contribution is 9.10. The number of halogens is 2. The van der Waals surface area contributed by atoms with E-state index in [1.54, 1.807) is 19.1 Å². The monoisotopic (exact) mass is 411 g/mol. The van der Waals surface area contributed by atoms with Crippen LogP contribution in [0.15, 0.2) is 51.4 Å². The molecule has 0 spiro atoms. The summed E-state index contributed by atoms with van der Waals surface area (Å²) in [6.07, 6.45) is 0. The van der Waals surface area contributed by atoms with Crippen LogP contribution in [0.1, 0.15) is 15.9 Å². The third-order valence-electron chi connectivity index (χ3n) is 3.07. The summed E-state index contributed by atoms with van der Waals surface area (Å²) in [7, 11) is 3.41. The molecule has 0 aliphatic rings. The lowest BCUT2D eigenvalue weighted by molar-refractivity contribution is 0.0784. The molecule has 110 valence electrons. The Morgan fingerprint density at radius 2 is 1.86 bits per heavy atom. The van der Waals surface area contributed by atoms with Crippen LogP contribution in [0, 0.1) is 0 Å². The molecule has 2 rings (SSSR count). The molecule has 0 fully saturated rings. The zero-order chi connectivity index (χ0) is 15.4. The molecule has 0 bridgehead atoms. The van der Waals surface area contributed by atoms with Gasteiger partial charge in [-0.25, -0.2) is 0 Å². The Bertz CT molecular complexity index is 658. The minimum Gasteiger partial charge on any atom is -0.496 e. The van der Waals surface area contributed by atoms with Crippen molar-refractivity contribution in [2.45, 2.75) is 6.54 Å². The number of carbonyl (C=O) groups is 1. The van der Waals surface area contributed by atoms with E-state index < -0.39 is 0 Å². The van der Waals surface area contributed by atoms with Crippen molar-refractivity contribution in [2.75, 3.05) is 14.2 Å². The van der Waals surface area contributed by atoms with Crippen molar-refractivity contribution >= 4 is 37.8 Å². The first kappa shape index (κ1) is 16.0. The lowest BCUT2D eigenvalue weighted by Crippen LogP contribution is -2.26. The molecule has 0 aliphatic heterocycles. The molecule has 0 radical (unpaired) electrons. The van der Waals surface area contributed by atoms with E-state index in [1.165, 1.54) is 0 Å². The second-order valence-electron chi connectivity index (χ2n) is 4.63. The molecule has 0 aliphatic carbocycles. The smallest absolute Gasteiger partial charge is 0.253 e. The molecule has 2 aromatic carbocycles. The predicted molar refractivity (Wildman–Crippen MR) is 90.6 cm³/mol. The zero-order valence-electron chi connectivity index (χ0n) is 11.8. The van der Waals surface area contributed by atoms with Crippen molar-refractivity contribution in [3.63, 3.8) is 0 Å². The van der Waals surface area contributed by atoms with Gasteiger partial charge in [0.25, 0.3) is 5.91 Å². The fraction of sp³-hybridized carbons (Fsp3) is 0.188. The molecule has 0 unspecified atom stereocenters. The maximum atomic E-state index is 12.4. The number of nitrogens with zero attached hydrogens (tertiary/aromatic N) is 1. The van der Waals surface area contributed by atoms with Crippen molar-refractivity contribution < 1.29 is 9.53 Å². The van der Waals surface area contributed by atoms with E-state index in [0.29, 0.717) is 12.1 Å². The highest BCUT2D eigenvalue weighted by Gasteiger charge is 2.14. The standard InChI is InChI=1S/C16H15Br2NO2/c1-19(16(20)11-4-3-5-13(17)8-11)10-12-9-14(18)6-7-15(12)21-2/h3-9H,10H2,1-2H3. The van der Waals surface area contributed by atoms with Gasteiger partial charge < -0.3 is 9.64 Å². The number of benzene rings is 2. The maximum absolute atomic E-state index is 12.4. The second-order valence-corrected chi connectivity index (χ2v) is 6.46. The number of hydrogen-bond donors (Lipinski definition) is 0. The van der Waals surface area contributed by atoms with Gasteiger partial charge in [-0.3, -0.25) is 4.79 Å². The Morgan fingerprint density at radius 1 is 1.14 bits per heavy atom. The summed E-state index contributed by atoms with van der Waals surface area (Å²) in [4.78, 5) is 14.1. The average molecular weight is 413 g/mol. The lowest BCUT2D eigenvalue weighted by atomic mass is 10.1. The van der Waals surface area contributed by atoms with Crippen molar-refractivity contribution in [1.29, 1.82) is 0 Å². The van der Waals surface area contributed by atoms with Gasteiger partial charge in [0.2, 0.25) is 0 Å². The fourth-order valence-electron chi connectivity index (χ4n) is 2.04. The van der Waals surface area contributed by atoms with Crippen LogP contribution in [-0.4, -0.2) is 25.0 Å². The van der Waals surface area contributed by atoms with Crippen LogP contribution in [0.3, 0.4) is 0 Å². The number of hydrogen-bond acceptors (Lipinski definition) is 2. The summed E-state index contributed by atoms with van der Waals surface area (Å²) in [6, 6.07) is 13.1. The van der Waals surface area contributed by atoms with Crippen LogP contribution >= 0.6 is 31.9 Å². The summed E-state index contributed by atoms with van der Waals surface area (Å²) >= 11 is 6.82. The SMILES string of the molecule is COc1ccc(Br)cc1CN(C)C(=O)c1cccc(Br)c1. The predicted octanol–water partition coefficient (Wildman–Crippen LogP) is 4.49. The minimum atomic E-state index is -0.0293. The van der Waals surface area contributed by atoms with Crippen LogP contribution in [0.4, 0.5) is 0 Å².